The Labute approximate surface area is 169 Å². The maximum absolute atomic E-state index is 12.8. The number of carbonyl (C=O) groups is 1. The Hall–Kier alpha value is -3.35. The van der Waals surface area contributed by atoms with Crippen molar-refractivity contribution in [2.75, 3.05) is 27.3 Å². The van der Waals surface area contributed by atoms with Crippen LogP contribution in [-0.2, 0) is 0 Å². The summed E-state index contributed by atoms with van der Waals surface area (Å²) < 4.78 is 16.6. The molecule has 150 valence electrons. The third-order valence-corrected chi connectivity index (χ3v) is 5.07. The van der Waals surface area contributed by atoms with E-state index >= 15 is 0 Å². The molecular weight excluding hydrogens is 370 g/mol. The summed E-state index contributed by atoms with van der Waals surface area (Å²) in [6, 6.07) is 12.9. The second-order valence-corrected chi connectivity index (χ2v) is 6.88. The Kier molecular flexibility index (Phi) is 5.46. The Morgan fingerprint density at radius 3 is 2.45 bits per heavy atom. The summed E-state index contributed by atoms with van der Waals surface area (Å²) in [6.45, 7) is 1.25. The van der Waals surface area contributed by atoms with Gasteiger partial charge in [0.15, 0.2) is 11.5 Å². The quantitative estimate of drug-likeness (QED) is 0.662. The molecule has 7 heteroatoms. The van der Waals surface area contributed by atoms with Crippen LogP contribution >= 0.6 is 0 Å². The van der Waals surface area contributed by atoms with Crippen molar-refractivity contribution in [1.82, 2.24) is 14.9 Å². The fourth-order valence-corrected chi connectivity index (χ4v) is 3.50. The lowest BCUT2D eigenvalue weighted by atomic mass is 10.1. The number of amides is 1. The van der Waals surface area contributed by atoms with Gasteiger partial charge in [0, 0.05) is 31.5 Å². The summed E-state index contributed by atoms with van der Waals surface area (Å²) in [5.41, 5.74) is 2.24. The average molecular weight is 393 g/mol. The standard InChI is InChI=1S/C22H23N3O4/c1-27-19-8-7-15(13-20(19)28-2)22(26)25-11-9-16(10-12-25)29-21-14-23-17-5-3-4-6-18(17)24-21/h3-8,13-14,16H,9-12H2,1-2H3. The van der Waals surface area contributed by atoms with Gasteiger partial charge in [0.25, 0.3) is 5.91 Å². The van der Waals surface area contributed by atoms with Gasteiger partial charge in [-0.25, -0.2) is 9.97 Å². The minimum atomic E-state index is -0.0186. The summed E-state index contributed by atoms with van der Waals surface area (Å²) in [7, 11) is 3.13. The Morgan fingerprint density at radius 2 is 1.72 bits per heavy atom. The number of ether oxygens (including phenoxy) is 3. The number of methoxy groups -OCH3 is 2. The Bertz CT molecular complexity index is 1020. The van der Waals surface area contributed by atoms with Crippen molar-refractivity contribution in [3.05, 3.63) is 54.2 Å². The number of likely N-dealkylation sites (tertiary alicyclic amines) is 1. The van der Waals surface area contributed by atoms with Crippen molar-refractivity contribution in [3.8, 4) is 17.4 Å². The Morgan fingerprint density at radius 1 is 1.00 bits per heavy atom. The summed E-state index contributed by atoms with van der Waals surface area (Å²) in [5.74, 6) is 1.65. The van der Waals surface area contributed by atoms with Crippen LogP contribution in [0.5, 0.6) is 17.4 Å². The lowest BCUT2D eigenvalue weighted by Crippen LogP contribution is -2.41. The van der Waals surface area contributed by atoms with Gasteiger partial charge in [-0.05, 0) is 30.3 Å². The first kappa shape index (κ1) is 19.0. The predicted molar refractivity (Wildman–Crippen MR) is 109 cm³/mol. The van der Waals surface area contributed by atoms with E-state index < -0.39 is 0 Å². The van der Waals surface area contributed by atoms with E-state index in [1.54, 1.807) is 38.6 Å². The van der Waals surface area contributed by atoms with Crippen molar-refractivity contribution in [3.63, 3.8) is 0 Å². The highest BCUT2D eigenvalue weighted by Gasteiger charge is 2.25. The van der Waals surface area contributed by atoms with Gasteiger partial charge in [-0.1, -0.05) is 12.1 Å². The van der Waals surface area contributed by atoms with Crippen LogP contribution in [0.1, 0.15) is 23.2 Å². The number of benzene rings is 2. The molecule has 29 heavy (non-hydrogen) atoms. The van der Waals surface area contributed by atoms with Gasteiger partial charge in [-0.2, -0.15) is 0 Å². The third-order valence-electron chi connectivity index (χ3n) is 5.07. The first-order chi connectivity index (χ1) is 14.2. The van der Waals surface area contributed by atoms with Gasteiger partial charge in [0.05, 0.1) is 31.4 Å². The molecule has 7 nitrogen and oxygen atoms in total. The Balaban J connectivity index is 1.38. The van der Waals surface area contributed by atoms with E-state index in [9.17, 15) is 4.79 Å². The number of aromatic nitrogens is 2. The molecule has 2 heterocycles. The molecule has 0 spiro atoms. The van der Waals surface area contributed by atoms with Crippen LogP contribution < -0.4 is 14.2 Å². The number of hydrogen-bond acceptors (Lipinski definition) is 6. The molecule has 2 aromatic carbocycles. The van der Waals surface area contributed by atoms with Crippen LogP contribution in [0.3, 0.4) is 0 Å². The van der Waals surface area contributed by atoms with E-state index in [1.165, 1.54) is 0 Å². The zero-order valence-corrected chi connectivity index (χ0v) is 16.5. The molecule has 1 amide bonds. The van der Waals surface area contributed by atoms with Gasteiger partial charge < -0.3 is 19.1 Å². The van der Waals surface area contributed by atoms with Crippen LogP contribution in [0, 0.1) is 0 Å². The molecule has 0 atom stereocenters. The third kappa shape index (κ3) is 4.08. The minimum absolute atomic E-state index is 0.0138. The summed E-state index contributed by atoms with van der Waals surface area (Å²) in [6.07, 6.45) is 3.16. The van der Waals surface area contributed by atoms with Gasteiger partial charge in [0.1, 0.15) is 6.10 Å². The monoisotopic (exact) mass is 393 g/mol. The number of piperidine rings is 1. The second kappa shape index (κ2) is 8.34. The van der Waals surface area contributed by atoms with E-state index in [0.717, 1.165) is 23.9 Å². The molecule has 1 aliphatic heterocycles. The first-order valence-corrected chi connectivity index (χ1v) is 9.57. The van der Waals surface area contributed by atoms with Gasteiger partial charge in [-0.3, -0.25) is 4.79 Å². The van der Waals surface area contributed by atoms with Crippen molar-refractivity contribution in [2.45, 2.75) is 18.9 Å². The van der Waals surface area contributed by atoms with Crippen LogP contribution in [0.4, 0.5) is 0 Å². The predicted octanol–water partition coefficient (Wildman–Crippen LogP) is 3.33. The molecule has 0 aliphatic carbocycles. The fourth-order valence-electron chi connectivity index (χ4n) is 3.50. The molecular formula is C22H23N3O4. The number of para-hydroxylation sites is 2. The fraction of sp³-hybridized carbons (Fsp3) is 0.318. The number of rotatable bonds is 5. The van der Waals surface area contributed by atoms with Crippen LogP contribution in [-0.4, -0.2) is 54.2 Å². The van der Waals surface area contributed by atoms with E-state index in [-0.39, 0.29) is 12.0 Å². The van der Waals surface area contributed by atoms with Gasteiger partial charge >= 0.3 is 0 Å². The van der Waals surface area contributed by atoms with E-state index in [0.29, 0.717) is 36.0 Å². The first-order valence-electron chi connectivity index (χ1n) is 9.57. The molecule has 1 saturated heterocycles. The second-order valence-electron chi connectivity index (χ2n) is 6.88. The maximum atomic E-state index is 12.8. The largest absolute Gasteiger partial charge is 0.493 e. The van der Waals surface area contributed by atoms with Gasteiger partial charge in [0.2, 0.25) is 5.88 Å². The highest BCUT2D eigenvalue weighted by atomic mass is 16.5. The number of hydrogen-bond donors (Lipinski definition) is 0. The summed E-state index contributed by atoms with van der Waals surface area (Å²) in [5, 5.41) is 0. The average Bonchev–Trinajstić information content (AvgIpc) is 2.78. The molecule has 1 aromatic heterocycles. The van der Waals surface area contributed by atoms with Crippen LogP contribution in [0.25, 0.3) is 11.0 Å². The van der Waals surface area contributed by atoms with Crippen molar-refractivity contribution in [1.29, 1.82) is 0 Å². The van der Waals surface area contributed by atoms with E-state index in [4.69, 9.17) is 14.2 Å². The van der Waals surface area contributed by atoms with Crippen LogP contribution in [0.15, 0.2) is 48.7 Å². The highest BCUT2D eigenvalue weighted by Crippen LogP contribution is 2.28. The zero-order valence-electron chi connectivity index (χ0n) is 16.5. The smallest absolute Gasteiger partial charge is 0.253 e. The lowest BCUT2D eigenvalue weighted by Gasteiger charge is -2.32. The van der Waals surface area contributed by atoms with Gasteiger partial charge in [-0.15, -0.1) is 0 Å². The zero-order chi connectivity index (χ0) is 20.2. The molecule has 0 radical (unpaired) electrons. The number of nitrogens with zero attached hydrogens (tertiary/aromatic N) is 3. The van der Waals surface area contributed by atoms with E-state index in [2.05, 4.69) is 9.97 Å². The van der Waals surface area contributed by atoms with Crippen molar-refractivity contribution in [2.24, 2.45) is 0 Å². The molecule has 0 saturated carbocycles. The number of fused-ring (bicyclic) bond motifs is 1. The molecule has 0 N–H and O–H groups in total. The lowest BCUT2D eigenvalue weighted by molar-refractivity contribution is 0.0587. The molecule has 0 unspecified atom stereocenters. The van der Waals surface area contributed by atoms with Crippen molar-refractivity contribution < 1.29 is 19.0 Å². The molecule has 4 rings (SSSR count). The summed E-state index contributed by atoms with van der Waals surface area (Å²) >= 11 is 0. The normalized spacial score (nSPS) is 14.6. The molecule has 1 fully saturated rings. The molecule has 1 aliphatic rings. The molecule has 0 bridgehead atoms. The van der Waals surface area contributed by atoms with E-state index in [1.807, 2.05) is 29.2 Å². The SMILES string of the molecule is COc1ccc(C(=O)N2CCC(Oc3cnc4ccccc4n3)CC2)cc1OC. The van der Waals surface area contributed by atoms with Crippen molar-refractivity contribution >= 4 is 16.9 Å². The molecule has 3 aromatic rings. The number of carbonyl (C=O) groups excluding carboxylic acids is 1. The maximum Gasteiger partial charge on any atom is 0.253 e. The minimum Gasteiger partial charge on any atom is -0.493 e. The summed E-state index contributed by atoms with van der Waals surface area (Å²) in [4.78, 5) is 23.6. The topological polar surface area (TPSA) is 73.8 Å². The van der Waals surface area contributed by atoms with Crippen LogP contribution in [0.2, 0.25) is 0 Å². The highest BCUT2D eigenvalue weighted by molar-refractivity contribution is 5.95.